The van der Waals surface area contributed by atoms with Gasteiger partial charge in [0.1, 0.15) is 11.5 Å². The third-order valence-corrected chi connectivity index (χ3v) is 5.36. The van der Waals surface area contributed by atoms with Gasteiger partial charge in [-0.1, -0.05) is 42.0 Å². The average molecular weight is 402 g/mol. The van der Waals surface area contributed by atoms with Crippen molar-refractivity contribution in [1.82, 2.24) is 5.32 Å². The zero-order valence-electron chi connectivity index (χ0n) is 17.5. The van der Waals surface area contributed by atoms with Gasteiger partial charge in [-0.3, -0.25) is 4.79 Å². The third kappa shape index (κ3) is 4.10. The van der Waals surface area contributed by atoms with E-state index in [1.165, 1.54) is 5.56 Å². The normalized spacial score (nSPS) is 16.2. The number of aryl methyl sites for hydroxylation is 1. The number of carbonyl (C=O) groups is 1. The Morgan fingerprint density at radius 3 is 2.63 bits per heavy atom. The molecule has 1 aliphatic rings. The lowest BCUT2D eigenvalue weighted by atomic mass is 10.1. The molecule has 0 radical (unpaired) electrons. The standard InChI is InChI=1S/C25H26N2O3/c1-17-11-13-20(14-12-17)27-16-24(30-23-10-5-4-9-22(23)27)25(28)26-18(2)19-7-6-8-21(15-19)29-3/h4-15,18,24H,16H2,1-3H3,(H,26,28). The molecule has 0 spiro atoms. The van der Waals surface area contributed by atoms with Gasteiger partial charge in [-0.15, -0.1) is 0 Å². The Kier molecular flexibility index (Phi) is 5.61. The SMILES string of the molecule is COc1cccc(C(C)NC(=O)C2CN(c3ccc(C)cc3)c3ccccc3O2)c1. The minimum atomic E-state index is -0.616. The first kappa shape index (κ1) is 19.8. The van der Waals surface area contributed by atoms with E-state index in [9.17, 15) is 4.79 Å². The number of benzene rings is 3. The average Bonchev–Trinajstić information content (AvgIpc) is 2.79. The van der Waals surface area contributed by atoms with Crippen LogP contribution in [0.2, 0.25) is 0 Å². The van der Waals surface area contributed by atoms with Gasteiger partial charge >= 0.3 is 0 Å². The summed E-state index contributed by atoms with van der Waals surface area (Å²) in [6, 6.07) is 23.7. The van der Waals surface area contributed by atoms with E-state index in [-0.39, 0.29) is 11.9 Å². The van der Waals surface area contributed by atoms with Crippen LogP contribution in [0.3, 0.4) is 0 Å². The van der Waals surface area contributed by atoms with Crippen LogP contribution < -0.4 is 19.7 Å². The molecule has 1 aliphatic heterocycles. The fourth-order valence-electron chi connectivity index (χ4n) is 3.64. The number of ether oxygens (including phenoxy) is 2. The Bertz CT molecular complexity index is 1030. The zero-order chi connectivity index (χ0) is 21.1. The van der Waals surface area contributed by atoms with Gasteiger partial charge in [-0.2, -0.15) is 0 Å². The maximum atomic E-state index is 13.1. The molecule has 1 amide bonds. The van der Waals surface area contributed by atoms with E-state index in [1.54, 1.807) is 7.11 Å². The van der Waals surface area contributed by atoms with Crippen molar-refractivity contribution in [3.63, 3.8) is 0 Å². The molecule has 1 heterocycles. The van der Waals surface area contributed by atoms with E-state index >= 15 is 0 Å². The van der Waals surface area contributed by atoms with Crippen molar-refractivity contribution in [3.8, 4) is 11.5 Å². The third-order valence-electron chi connectivity index (χ3n) is 5.36. The molecule has 30 heavy (non-hydrogen) atoms. The van der Waals surface area contributed by atoms with Gasteiger partial charge in [0.05, 0.1) is 25.4 Å². The summed E-state index contributed by atoms with van der Waals surface area (Å²) < 4.78 is 11.4. The lowest BCUT2D eigenvalue weighted by Crippen LogP contribution is -2.48. The first-order chi connectivity index (χ1) is 14.5. The van der Waals surface area contributed by atoms with Gasteiger partial charge in [-0.05, 0) is 55.8 Å². The van der Waals surface area contributed by atoms with E-state index < -0.39 is 6.10 Å². The number of rotatable bonds is 5. The van der Waals surface area contributed by atoms with E-state index in [1.807, 2.05) is 55.5 Å². The highest BCUT2D eigenvalue weighted by Crippen LogP contribution is 2.38. The molecule has 0 saturated heterocycles. The molecule has 2 unspecified atom stereocenters. The Balaban J connectivity index is 1.55. The summed E-state index contributed by atoms with van der Waals surface area (Å²) in [6.07, 6.45) is -0.616. The molecule has 4 rings (SSSR count). The molecule has 1 N–H and O–H groups in total. The van der Waals surface area contributed by atoms with Crippen molar-refractivity contribution in [2.24, 2.45) is 0 Å². The molecule has 3 aromatic rings. The van der Waals surface area contributed by atoms with E-state index in [4.69, 9.17) is 9.47 Å². The fraction of sp³-hybridized carbons (Fsp3) is 0.240. The van der Waals surface area contributed by atoms with Crippen LogP contribution in [-0.2, 0) is 4.79 Å². The smallest absolute Gasteiger partial charge is 0.263 e. The van der Waals surface area contributed by atoms with Crippen LogP contribution in [0.1, 0.15) is 24.1 Å². The van der Waals surface area contributed by atoms with Crippen LogP contribution in [-0.4, -0.2) is 25.7 Å². The van der Waals surface area contributed by atoms with Gasteiger partial charge in [0.15, 0.2) is 6.10 Å². The van der Waals surface area contributed by atoms with Crippen molar-refractivity contribution < 1.29 is 14.3 Å². The first-order valence-corrected chi connectivity index (χ1v) is 10.1. The number of para-hydroxylation sites is 2. The predicted molar refractivity (Wildman–Crippen MR) is 119 cm³/mol. The summed E-state index contributed by atoms with van der Waals surface area (Å²) in [7, 11) is 1.63. The van der Waals surface area contributed by atoms with Gasteiger partial charge in [0, 0.05) is 5.69 Å². The summed E-state index contributed by atoms with van der Waals surface area (Å²) in [5.41, 5.74) is 4.18. The van der Waals surface area contributed by atoms with Crippen molar-refractivity contribution >= 4 is 17.3 Å². The maximum absolute atomic E-state index is 13.1. The number of hydrogen-bond acceptors (Lipinski definition) is 4. The Morgan fingerprint density at radius 1 is 1.10 bits per heavy atom. The van der Waals surface area contributed by atoms with Crippen LogP contribution in [0.4, 0.5) is 11.4 Å². The Hall–Kier alpha value is -3.47. The van der Waals surface area contributed by atoms with Crippen LogP contribution >= 0.6 is 0 Å². The predicted octanol–water partition coefficient (Wildman–Crippen LogP) is 4.78. The maximum Gasteiger partial charge on any atom is 0.263 e. The van der Waals surface area contributed by atoms with Gasteiger partial charge in [0.25, 0.3) is 5.91 Å². The number of hydrogen-bond donors (Lipinski definition) is 1. The molecule has 3 aromatic carbocycles. The monoisotopic (exact) mass is 402 g/mol. The topological polar surface area (TPSA) is 50.8 Å². The highest BCUT2D eigenvalue weighted by Gasteiger charge is 2.32. The highest BCUT2D eigenvalue weighted by atomic mass is 16.5. The zero-order valence-corrected chi connectivity index (χ0v) is 17.5. The molecule has 0 fully saturated rings. The fourth-order valence-corrected chi connectivity index (χ4v) is 3.64. The number of nitrogens with zero attached hydrogens (tertiary/aromatic N) is 1. The van der Waals surface area contributed by atoms with Crippen LogP contribution in [0.5, 0.6) is 11.5 Å². The molecular weight excluding hydrogens is 376 g/mol. The molecule has 0 saturated carbocycles. The van der Waals surface area contributed by atoms with E-state index in [2.05, 4.69) is 41.4 Å². The van der Waals surface area contributed by atoms with Crippen LogP contribution in [0.25, 0.3) is 0 Å². The second-order valence-electron chi connectivity index (χ2n) is 7.53. The number of anilines is 2. The summed E-state index contributed by atoms with van der Waals surface area (Å²) in [5, 5.41) is 3.08. The summed E-state index contributed by atoms with van der Waals surface area (Å²) >= 11 is 0. The van der Waals surface area contributed by atoms with Gasteiger partial charge in [0.2, 0.25) is 0 Å². The number of carbonyl (C=O) groups excluding carboxylic acids is 1. The largest absolute Gasteiger partial charge is 0.497 e. The summed E-state index contributed by atoms with van der Waals surface area (Å²) in [4.78, 5) is 15.2. The molecule has 0 aliphatic carbocycles. The highest BCUT2D eigenvalue weighted by molar-refractivity contribution is 5.85. The molecule has 0 aromatic heterocycles. The minimum absolute atomic E-state index is 0.142. The van der Waals surface area contributed by atoms with Crippen molar-refractivity contribution in [2.75, 3.05) is 18.6 Å². The second kappa shape index (κ2) is 8.49. The molecule has 5 nitrogen and oxygen atoms in total. The Labute approximate surface area is 177 Å². The first-order valence-electron chi connectivity index (χ1n) is 10.1. The Morgan fingerprint density at radius 2 is 1.87 bits per heavy atom. The van der Waals surface area contributed by atoms with Crippen molar-refractivity contribution in [3.05, 3.63) is 83.9 Å². The summed E-state index contributed by atoms with van der Waals surface area (Å²) in [6.45, 7) is 4.46. The number of nitrogens with one attached hydrogen (secondary N) is 1. The van der Waals surface area contributed by atoms with E-state index in [0.29, 0.717) is 12.3 Å². The molecule has 0 bridgehead atoms. The van der Waals surface area contributed by atoms with Crippen LogP contribution in [0.15, 0.2) is 72.8 Å². The number of methoxy groups -OCH3 is 1. The van der Waals surface area contributed by atoms with Crippen LogP contribution in [0, 0.1) is 6.92 Å². The quantitative estimate of drug-likeness (QED) is 0.667. The van der Waals surface area contributed by atoms with Gasteiger partial charge < -0.3 is 19.7 Å². The van der Waals surface area contributed by atoms with Crippen molar-refractivity contribution in [2.45, 2.75) is 26.0 Å². The van der Waals surface area contributed by atoms with Crippen molar-refractivity contribution in [1.29, 1.82) is 0 Å². The number of amides is 1. The molecular formula is C25H26N2O3. The molecule has 5 heteroatoms. The molecule has 154 valence electrons. The lowest BCUT2D eigenvalue weighted by molar-refractivity contribution is -0.128. The minimum Gasteiger partial charge on any atom is -0.497 e. The summed E-state index contributed by atoms with van der Waals surface area (Å²) in [5.74, 6) is 1.33. The number of fused-ring (bicyclic) bond motifs is 1. The van der Waals surface area contributed by atoms with E-state index in [0.717, 1.165) is 22.7 Å². The second-order valence-corrected chi connectivity index (χ2v) is 7.53. The lowest BCUT2D eigenvalue weighted by Gasteiger charge is -2.36. The molecule has 2 atom stereocenters. The van der Waals surface area contributed by atoms with Gasteiger partial charge in [-0.25, -0.2) is 0 Å².